The van der Waals surface area contributed by atoms with Crippen LogP contribution in [-0.2, 0) is 21.2 Å². The van der Waals surface area contributed by atoms with E-state index in [1.807, 2.05) is 19.1 Å². The van der Waals surface area contributed by atoms with Crippen LogP contribution in [0.5, 0.6) is 5.75 Å². The number of nitrogens with one attached hydrogen (secondary N) is 2. The first-order valence-electron chi connectivity index (χ1n) is 10.6. The van der Waals surface area contributed by atoms with Gasteiger partial charge in [-0.1, -0.05) is 31.2 Å². The molecule has 0 aliphatic heterocycles. The maximum Gasteiger partial charge on any atom is 0.262 e. The van der Waals surface area contributed by atoms with E-state index in [0.29, 0.717) is 11.3 Å². The molecule has 0 aliphatic carbocycles. The second-order valence-electron chi connectivity index (χ2n) is 7.50. The first-order chi connectivity index (χ1) is 16.2. The van der Waals surface area contributed by atoms with Crippen molar-refractivity contribution in [2.75, 3.05) is 17.1 Å². The molecule has 3 aromatic rings. The monoisotopic (exact) mass is 484 g/mol. The topological polar surface area (TPSA) is 102 Å². The molecule has 0 fully saturated rings. The summed E-state index contributed by atoms with van der Waals surface area (Å²) in [6, 6.07) is 16.1. The number of methoxy groups -OCH3 is 1. The Morgan fingerprint density at radius 2 is 1.62 bits per heavy atom. The average molecular weight is 485 g/mol. The minimum Gasteiger partial charge on any atom is -0.495 e. The fraction of sp³-hybridized carbons (Fsp3) is 0.200. The van der Waals surface area contributed by atoms with E-state index >= 15 is 0 Å². The molecule has 178 valence electrons. The van der Waals surface area contributed by atoms with Crippen LogP contribution in [0.2, 0.25) is 0 Å². The predicted octanol–water partition coefficient (Wildman–Crippen LogP) is 4.80. The minimum atomic E-state index is -4.02. The molecule has 34 heavy (non-hydrogen) atoms. The third-order valence-corrected chi connectivity index (χ3v) is 6.50. The molecule has 0 saturated heterocycles. The summed E-state index contributed by atoms with van der Waals surface area (Å²) in [6.45, 7) is 2.03. The molecule has 7 nitrogen and oxygen atoms in total. The molecule has 0 heterocycles. The minimum absolute atomic E-state index is 0.0307. The lowest BCUT2D eigenvalue weighted by atomic mass is 10.0. The predicted molar refractivity (Wildman–Crippen MR) is 128 cm³/mol. The van der Waals surface area contributed by atoms with E-state index < -0.39 is 21.7 Å². The summed E-state index contributed by atoms with van der Waals surface area (Å²) in [5.41, 5.74) is 2.09. The Morgan fingerprint density at radius 3 is 2.24 bits per heavy atom. The van der Waals surface area contributed by atoms with Crippen molar-refractivity contribution in [2.24, 2.45) is 0 Å². The number of Topliss-reactive ketones (excluding diaryl/α,β-unsaturated/α-hetero) is 1. The van der Waals surface area contributed by atoms with E-state index in [2.05, 4.69) is 10.0 Å². The van der Waals surface area contributed by atoms with Crippen LogP contribution in [0, 0.1) is 5.82 Å². The lowest BCUT2D eigenvalue weighted by molar-refractivity contribution is -0.116. The Labute approximate surface area is 198 Å². The summed E-state index contributed by atoms with van der Waals surface area (Å²) in [6.07, 6.45) is 0.884. The molecule has 1 amide bonds. The number of anilines is 2. The van der Waals surface area contributed by atoms with Crippen LogP contribution in [-0.4, -0.2) is 27.2 Å². The number of amides is 1. The summed E-state index contributed by atoms with van der Waals surface area (Å²) >= 11 is 0. The molecule has 2 N–H and O–H groups in total. The van der Waals surface area contributed by atoms with Crippen LogP contribution in [0.15, 0.2) is 71.6 Å². The van der Waals surface area contributed by atoms with E-state index in [9.17, 15) is 22.4 Å². The van der Waals surface area contributed by atoms with Crippen molar-refractivity contribution in [1.29, 1.82) is 0 Å². The van der Waals surface area contributed by atoms with Gasteiger partial charge in [-0.3, -0.25) is 14.3 Å². The number of ether oxygens (including phenoxy) is 1. The molecule has 0 aliphatic rings. The highest BCUT2D eigenvalue weighted by Crippen LogP contribution is 2.30. The van der Waals surface area contributed by atoms with Crippen LogP contribution < -0.4 is 14.8 Å². The summed E-state index contributed by atoms with van der Waals surface area (Å²) in [7, 11) is -2.64. The molecule has 0 unspecified atom stereocenters. The molecule has 3 rings (SSSR count). The van der Waals surface area contributed by atoms with E-state index in [0.717, 1.165) is 36.2 Å². The first kappa shape index (κ1) is 24.9. The Bertz CT molecular complexity index is 1270. The zero-order chi connectivity index (χ0) is 24.7. The van der Waals surface area contributed by atoms with Gasteiger partial charge in [0.05, 0.1) is 17.7 Å². The maximum absolute atomic E-state index is 13.1. The number of hydrogen-bond donors (Lipinski definition) is 2. The fourth-order valence-corrected chi connectivity index (χ4v) is 4.27. The average Bonchev–Trinajstić information content (AvgIpc) is 2.83. The van der Waals surface area contributed by atoms with Gasteiger partial charge in [0.1, 0.15) is 11.6 Å². The number of hydrogen-bond acceptors (Lipinski definition) is 5. The number of carbonyl (C=O) groups is 2. The zero-order valence-corrected chi connectivity index (χ0v) is 19.6. The number of rotatable bonds is 10. The number of sulfonamides is 1. The van der Waals surface area contributed by atoms with Crippen LogP contribution in [0.25, 0.3) is 0 Å². The standard InChI is InChI=1S/C25H25FN2O5S/c1-3-17-4-6-18(7-5-17)23(29)13-15-25(30)27-20-10-14-24(33-2)22(16-20)28-34(31,32)21-11-8-19(26)9-12-21/h4-12,14,16,28H,3,13,15H2,1-2H3,(H,27,30). The van der Waals surface area contributed by atoms with Crippen LogP contribution >= 0.6 is 0 Å². The molecular formula is C25H25FN2O5S. The zero-order valence-electron chi connectivity index (χ0n) is 18.8. The van der Waals surface area contributed by atoms with Gasteiger partial charge in [-0.2, -0.15) is 0 Å². The van der Waals surface area contributed by atoms with Crippen molar-refractivity contribution in [1.82, 2.24) is 0 Å². The first-order valence-corrected chi connectivity index (χ1v) is 12.1. The summed E-state index contributed by atoms with van der Waals surface area (Å²) < 4.78 is 46.0. The molecule has 0 saturated carbocycles. The van der Waals surface area contributed by atoms with E-state index in [-0.39, 0.29) is 35.0 Å². The second-order valence-corrected chi connectivity index (χ2v) is 9.18. The normalized spacial score (nSPS) is 11.0. The van der Waals surface area contributed by atoms with Gasteiger partial charge in [-0.15, -0.1) is 0 Å². The SMILES string of the molecule is CCc1ccc(C(=O)CCC(=O)Nc2ccc(OC)c(NS(=O)(=O)c3ccc(F)cc3)c2)cc1. The van der Waals surface area contributed by atoms with Gasteiger partial charge in [0, 0.05) is 24.1 Å². The lowest BCUT2D eigenvalue weighted by Crippen LogP contribution is -2.16. The quantitative estimate of drug-likeness (QED) is 0.403. The number of halogens is 1. The molecule has 0 aromatic heterocycles. The van der Waals surface area contributed by atoms with Gasteiger partial charge in [-0.05, 0) is 54.4 Å². The summed E-state index contributed by atoms with van der Waals surface area (Å²) in [4.78, 5) is 24.6. The van der Waals surface area contributed by atoms with Crippen molar-refractivity contribution < 1.29 is 27.1 Å². The lowest BCUT2D eigenvalue weighted by Gasteiger charge is -2.14. The van der Waals surface area contributed by atoms with Crippen molar-refractivity contribution >= 4 is 33.1 Å². The van der Waals surface area contributed by atoms with Gasteiger partial charge >= 0.3 is 0 Å². The van der Waals surface area contributed by atoms with Crippen LogP contribution in [0.1, 0.15) is 35.7 Å². The molecule has 0 radical (unpaired) electrons. The third-order valence-electron chi connectivity index (χ3n) is 5.11. The van der Waals surface area contributed by atoms with Crippen LogP contribution in [0.4, 0.5) is 15.8 Å². The van der Waals surface area contributed by atoms with Gasteiger partial charge in [-0.25, -0.2) is 12.8 Å². The van der Waals surface area contributed by atoms with Gasteiger partial charge < -0.3 is 10.1 Å². The number of carbonyl (C=O) groups excluding carboxylic acids is 2. The van der Waals surface area contributed by atoms with Crippen molar-refractivity contribution in [3.63, 3.8) is 0 Å². The maximum atomic E-state index is 13.1. The number of benzene rings is 3. The smallest absolute Gasteiger partial charge is 0.262 e. The van der Waals surface area contributed by atoms with Crippen molar-refractivity contribution in [3.8, 4) is 5.75 Å². The van der Waals surface area contributed by atoms with E-state index in [1.54, 1.807) is 18.2 Å². The number of aryl methyl sites for hydroxylation is 1. The van der Waals surface area contributed by atoms with Crippen molar-refractivity contribution in [3.05, 3.63) is 83.7 Å². The van der Waals surface area contributed by atoms with Crippen molar-refractivity contribution in [2.45, 2.75) is 31.1 Å². The largest absolute Gasteiger partial charge is 0.495 e. The fourth-order valence-electron chi connectivity index (χ4n) is 3.20. The van der Waals surface area contributed by atoms with Crippen LogP contribution in [0.3, 0.4) is 0 Å². The van der Waals surface area contributed by atoms with E-state index in [1.165, 1.54) is 19.2 Å². The Kier molecular flexibility index (Phi) is 8.01. The van der Waals surface area contributed by atoms with Gasteiger partial charge in [0.25, 0.3) is 10.0 Å². The molecular weight excluding hydrogens is 459 g/mol. The molecule has 3 aromatic carbocycles. The molecule has 0 bridgehead atoms. The highest BCUT2D eigenvalue weighted by molar-refractivity contribution is 7.92. The van der Waals surface area contributed by atoms with Gasteiger partial charge in [0.2, 0.25) is 5.91 Å². The summed E-state index contributed by atoms with van der Waals surface area (Å²) in [5.74, 6) is -0.858. The Balaban J connectivity index is 1.66. The molecule has 0 atom stereocenters. The summed E-state index contributed by atoms with van der Waals surface area (Å²) in [5, 5.41) is 2.66. The Hall–Kier alpha value is -3.72. The highest BCUT2D eigenvalue weighted by Gasteiger charge is 2.18. The second kappa shape index (κ2) is 10.9. The van der Waals surface area contributed by atoms with Gasteiger partial charge in [0.15, 0.2) is 5.78 Å². The molecule has 9 heteroatoms. The number of ketones is 1. The Morgan fingerprint density at radius 1 is 0.941 bits per heavy atom. The van der Waals surface area contributed by atoms with E-state index in [4.69, 9.17) is 4.74 Å². The highest BCUT2D eigenvalue weighted by atomic mass is 32.2. The third kappa shape index (κ3) is 6.41. The molecule has 0 spiro atoms.